The third-order valence-electron chi connectivity index (χ3n) is 3.69. The number of pyridine rings is 1. The Balaban J connectivity index is 1.65. The molecule has 3 rings (SSSR count). The van der Waals surface area contributed by atoms with Crippen molar-refractivity contribution in [3.05, 3.63) is 59.7 Å². The molecule has 0 spiro atoms. The minimum Gasteiger partial charge on any atom is -0.457 e. The van der Waals surface area contributed by atoms with Gasteiger partial charge in [0.2, 0.25) is 0 Å². The lowest BCUT2D eigenvalue weighted by Gasteiger charge is -2.24. The first-order chi connectivity index (χ1) is 12.7. The van der Waals surface area contributed by atoms with Crippen LogP contribution in [0.1, 0.15) is 6.42 Å². The molecular weight excluding hydrogens is 336 g/mol. The summed E-state index contributed by atoms with van der Waals surface area (Å²) in [5.74, 6) is -0.237. The summed E-state index contributed by atoms with van der Waals surface area (Å²) < 4.78 is 15.5. The molecule has 7 heteroatoms. The van der Waals surface area contributed by atoms with E-state index in [1.807, 2.05) is 0 Å². The molecule has 1 amide bonds. The number of amides is 1. The molecule has 1 aromatic heterocycles. The number of carbonyl (C=O) groups excluding carboxylic acids is 2. The van der Waals surface area contributed by atoms with Crippen LogP contribution in [0.15, 0.2) is 59.7 Å². The van der Waals surface area contributed by atoms with Crippen molar-refractivity contribution in [3.63, 3.8) is 0 Å². The van der Waals surface area contributed by atoms with Gasteiger partial charge in [-0.05, 0) is 24.3 Å². The van der Waals surface area contributed by atoms with Crippen LogP contribution in [0.2, 0.25) is 0 Å². The number of esters is 1. The van der Waals surface area contributed by atoms with E-state index >= 15 is 0 Å². The molecular formula is C19H18N2O5. The van der Waals surface area contributed by atoms with Crippen LogP contribution in [0.5, 0.6) is 0 Å². The first-order valence-electron chi connectivity index (χ1n) is 8.19. The number of hydrogen-bond donors (Lipinski definition) is 0. The van der Waals surface area contributed by atoms with Crippen molar-refractivity contribution >= 4 is 17.7 Å². The molecule has 26 heavy (non-hydrogen) atoms. The van der Waals surface area contributed by atoms with Crippen molar-refractivity contribution < 1.29 is 23.8 Å². The van der Waals surface area contributed by atoms with Crippen molar-refractivity contribution in [1.82, 2.24) is 4.98 Å². The highest BCUT2D eigenvalue weighted by atomic mass is 16.7. The predicted octanol–water partition coefficient (Wildman–Crippen LogP) is 1.53. The number of carbonyl (C=O) groups is 2. The lowest BCUT2D eigenvalue weighted by molar-refractivity contribution is -0.183. The van der Waals surface area contributed by atoms with E-state index in [0.717, 1.165) is 0 Å². The molecule has 0 radical (unpaired) electrons. The fourth-order valence-electron chi connectivity index (χ4n) is 2.45. The summed E-state index contributed by atoms with van der Waals surface area (Å²) in [4.78, 5) is 30.6. The minimum absolute atomic E-state index is 0.0293. The van der Waals surface area contributed by atoms with Gasteiger partial charge in [0, 0.05) is 24.4 Å². The second-order valence-electron chi connectivity index (χ2n) is 5.59. The van der Waals surface area contributed by atoms with E-state index in [1.165, 1.54) is 4.90 Å². The Morgan fingerprint density at radius 2 is 2.12 bits per heavy atom. The van der Waals surface area contributed by atoms with Gasteiger partial charge in [-0.1, -0.05) is 17.5 Å². The summed E-state index contributed by atoms with van der Waals surface area (Å²) in [6, 6.07) is 5.25. The lowest BCUT2D eigenvalue weighted by Crippen LogP contribution is -2.37. The number of aromatic nitrogens is 1. The Kier molecular flexibility index (Phi) is 6.14. The Bertz CT molecular complexity index is 783. The zero-order chi connectivity index (χ0) is 18.2. The number of rotatable bonds is 6. The molecule has 0 aromatic carbocycles. The zero-order valence-electron chi connectivity index (χ0n) is 14.1. The molecule has 0 N–H and O–H groups in total. The van der Waals surface area contributed by atoms with Gasteiger partial charge in [0.15, 0.2) is 0 Å². The number of ether oxygens (including phenoxy) is 3. The molecule has 1 aliphatic carbocycles. The molecule has 0 atom stereocenters. The summed E-state index contributed by atoms with van der Waals surface area (Å²) in [6.45, 7) is 0.971. The number of anilines is 1. The van der Waals surface area contributed by atoms with Gasteiger partial charge in [-0.3, -0.25) is 14.5 Å². The quantitative estimate of drug-likeness (QED) is 0.569. The fourth-order valence-corrected chi connectivity index (χ4v) is 2.45. The maximum absolute atomic E-state index is 12.8. The van der Waals surface area contributed by atoms with E-state index < -0.39 is 12.1 Å². The molecule has 1 fully saturated rings. The molecule has 0 saturated carbocycles. The second kappa shape index (κ2) is 8.94. The molecule has 0 bridgehead atoms. The summed E-state index contributed by atoms with van der Waals surface area (Å²) in [7, 11) is 0. The molecule has 134 valence electrons. The monoisotopic (exact) mass is 354 g/mol. The van der Waals surface area contributed by atoms with Crippen LogP contribution in [0.4, 0.5) is 5.82 Å². The van der Waals surface area contributed by atoms with Gasteiger partial charge in [0.05, 0.1) is 19.6 Å². The minimum atomic E-state index is -0.425. The average molecular weight is 354 g/mol. The highest BCUT2D eigenvalue weighted by molar-refractivity contribution is 6.07. The Labute approximate surface area is 150 Å². The van der Waals surface area contributed by atoms with Crippen molar-refractivity contribution in [1.29, 1.82) is 0 Å². The molecule has 1 aliphatic heterocycles. The standard InChI is InChI=1S/C19H18N2O5/c22-18(26-16-12-24-14-25-13-16)9-11-21(17-8-4-5-10-20-17)19(23)15-6-2-1-3-7-15/h2,4-8,10,16H,9,11-14H2. The Morgan fingerprint density at radius 1 is 1.27 bits per heavy atom. The smallest absolute Gasteiger partial charge is 0.308 e. The largest absolute Gasteiger partial charge is 0.457 e. The number of allylic oxidation sites excluding steroid dienone is 2. The number of nitrogens with zero attached hydrogens (tertiary/aromatic N) is 2. The van der Waals surface area contributed by atoms with Crippen LogP contribution < -0.4 is 4.90 Å². The first-order valence-corrected chi connectivity index (χ1v) is 8.19. The van der Waals surface area contributed by atoms with E-state index in [-0.39, 0.29) is 25.7 Å². The third kappa shape index (κ3) is 4.79. The van der Waals surface area contributed by atoms with E-state index in [1.54, 1.807) is 42.6 Å². The van der Waals surface area contributed by atoms with Crippen molar-refractivity contribution in [3.8, 4) is 0 Å². The molecule has 2 heterocycles. The molecule has 7 nitrogen and oxygen atoms in total. The highest BCUT2D eigenvalue weighted by Gasteiger charge is 2.23. The zero-order valence-corrected chi connectivity index (χ0v) is 14.1. The normalized spacial score (nSPS) is 16.2. The first kappa shape index (κ1) is 17.9. The van der Waals surface area contributed by atoms with Crippen LogP contribution >= 0.6 is 0 Å². The van der Waals surface area contributed by atoms with Crippen molar-refractivity contribution in [2.75, 3.05) is 31.5 Å². The molecule has 0 unspecified atom stereocenters. The highest BCUT2D eigenvalue weighted by Crippen LogP contribution is 2.16. The van der Waals surface area contributed by atoms with Gasteiger partial charge >= 0.3 is 5.97 Å². The summed E-state index contributed by atoms with van der Waals surface area (Å²) in [5.41, 5.74) is 5.95. The van der Waals surface area contributed by atoms with Gasteiger partial charge in [0.25, 0.3) is 5.91 Å². The predicted molar refractivity (Wildman–Crippen MR) is 92.1 cm³/mol. The van der Waals surface area contributed by atoms with Crippen LogP contribution in [0, 0.1) is 0 Å². The van der Waals surface area contributed by atoms with Crippen LogP contribution in [-0.4, -0.2) is 49.5 Å². The van der Waals surface area contributed by atoms with Gasteiger partial charge < -0.3 is 14.2 Å². The lowest BCUT2D eigenvalue weighted by atomic mass is 10.1. The third-order valence-corrected chi connectivity index (χ3v) is 3.69. The summed E-state index contributed by atoms with van der Waals surface area (Å²) in [5, 5.41) is 0. The molecule has 1 aromatic rings. The van der Waals surface area contributed by atoms with Crippen LogP contribution in [0.3, 0.4) is 0 Å². The van der Waals surface area contributed by atoms with Crippen molar-refractivity contribution in [2.45, 2.75) is 12.5 Å². The van der Waals surface area contributed by atoms with E-state index in [4.69, 9.17) is 14.2 Å². The van der Waals surface area contributed by atoms with Crippen LogP contribution in [-0.2, 0) is 23.8 Å². The van der Waals surface area contributed by atoms with Crippen LogP contribution in [0.25, 0.3) is 0 Å². The summed E-state index contributed by atoms with van der Waals surface area (Å²) in [6.07, 6.45) is 6.00. The van der Waals surface area contributed by atoms with Crippen molar-refractivity contribution in [2.24, 2.45) is 0 Å². The second-order valence-corrected chi connectivity index (χ2v) is 5.59. The average Bonchev–Trinajstić information content (AvgIpc) is 2.70. The van der Waals surface area contributed by atoms with E-state index in [0.29, 0.717) is 24.6 Å². The van der Waals surface area contributed by atoms with E-state index in [2.05, 4.69) is 16.4 Å². The van der Waals surface area contributed by atoms with Gasteiger partial charge in [-0.25, -0.2) is 4.98 Å². The molecule has 2 aliphatic rings. The SMILES string of the molecule is O=C(CCN(C(=O)C1=CC=C=C=C1)c1ccccn1)OC1COCOC1. The Morgan fingerprint density at radius 3 is 2.81 bits per heavy atom. The van der Waals surface area contributed by atoms with E-state index in [9.17, 15) is 9.59 Å². The fraction of sp³-hybridized carbons (Fsp3) is 0.316. The topological polar surface area (TPSA) is 78.0 Å². The number of hydrogen-bond acceptors (Lipinski definition) is 6. The maximum atomic E-state index is 12.8. The van der Waals surface area contributed by atoms with Gasteiger partial charge in [-0.2, -0.15) is 0 Å². The van der Waals surface area contributed by atoms with Gasteiger partial charge in [-0.15, -0.1) is 0 Å². The summed E-state index contributed by atoms with van der Waals surface area (Å²) >= 11 is 0. The van der Waals surface area contributed by atoms with Gasteiger partial charge in [0.1, 0.15) is 18.7 Å². The Hall–Kier alpha value is -2.95. The maximum Gasteiger partial charge on any atom is 0.308 e. The molecule has 1 saturated heterocycles.